The fourth-order valence-electron chi connectivity index (χ4n) is 1.21. The van der Waals surface area contributed by atoms with Crippen LogP contribution in [-0.4, -0.2) is 13.7 Å². The number of rotatable bonds is 4. The lowest BCUT2D eigenvalue weighted by atomic mass is 10.1. The number of benzene rings is 1. The van der Waals surface area contributed by atoms with Gasteiger partial charge in [-0.3, -0.25) is 0 Å². The molecule has 0 bridgehead atoms. The first-order valence-corrected chi connectivity index (χ1v) is 5.61. The quantitative estimate of drug-likeness (QED) is 0.754. The number of hydrogen-bond donors (Lipinski definition) is 0. The molecule has 0 aliphatic rings. The third-order valence-corrected chi connectivity index (χ3v) is 1.94. The summed E-state index contributed by atoms with van der Waals surface area (Å²) in [6.07, 6.45) is 1.02. The summed E-state index contributed by atoms with van der Waals surface area (Å²) in [6.45, 7) is 8.75. The van der Waals surface area contributed by atoms with E-state index in [-0.39, 0.29) is 0 Å². The molecular weight excluding hydrogens is 188 g/mol. The van der Waals surface area contributed by atoms with Crippen molar-refractivity contribution in [2.45, 2.75) is 34.1 Å². The van der Waals surface area contributed by atoms with E-state index < -0.39 is 0 Å². The standard InChI is InChI=1S/C11H16O2.C2H6/c1-4-9-6-7-10(13-5-2)11(8-9)12-3;1-2/h6-8H,4-5H2,1-3H3;1-2H3. The van der Waals surface area contributed by atoms with E-state index in [2.05, 4.69) is 13.0 Å². The zero-order chi connectivity index (χ0) is 11.7. The molecule has 0 spiro atoms. The highest BCUT2D eigenvalue weighted by Gasteiger charge is 2.03. The first-order valence-electron chi connectivity index (χ1n) is 5.61. The number of ether oxygens (including phenoxy) is 2. The first-order chi connectivity index (χ1) is 7.31. The summed E-state index contributed by atoms with van der Waals surface area (Å²) >= 11 is 0. The van der Waals surface area contributed by atoms with Gasteiger partial charge in [-0.2, -0.15) is 0 Å². The molecule has 0 aliphatic carbocycles. The molecule has 2 heteroatoms. The van der Waals surface area contributed by atoms with Gasteiger partial charge in [0.25, 0.3) is 0 Å². The molecular formula is C13H22O2. The molecule has 86 valence electrons. The summed E-state index contributed by atoms with van der Waals surface area (Å²) in [6, 6.07) is 6.04. The van der Waals surface area contributed by atoms with E-state index in [1.165, 1.54) is 5.56 Å². The molecule has 0 N–H and O–H groups in total. The van der Waals surface area contributed by atoms with E-state index in [4.69, 9.17) is 9.47 Å². The van der Waals surface area contributed by atoms with Crippen LogP contribution in [0, 0.1) is 0 Å². The van der Waals surface area contributed by atoms with Crippen molar-refractivity contribution in [1.82, 2.24) is 0 Å². The van der Waals surface area contributed by atoms with Crippen LogP contribution in [0.3, 0.4) is 0 Å². The zero-order valence-electron chi connectivity index (χ0n) is 10.5. The molecule has 0 saturated heterocycles. The lowest BCUT2D eigenvalue weighted by molar-refractivity contribution is 0.310. The second-order valence-electron chi connectivity index (χ2n) is 2.77. The Morgan fingerprint density at radius 1 is 1.07 bits per heavy atom. The number of hydrogen-bond acceptors (Lipinski definition) is 2. The van der Waals surface area contributed by atoms with Crippen molar-refractivity contribution in [2.24, 2.45) is 0 Å². The topological polar surface area (TPSA) is 18.5 Å². The Morgan fingerprint density at radius 2 is 1.73 bits per heavy atom. The van der Waals surface area contributed by atoms with E-state index in [0.717, 1.165) is 17.9 Å². The molecule has 0 radical (unpaired) electrons. The lowest BCUT2D eigenvalue weighted by Crippen LogP contribution is -1.95. The third-order valence-electron chi connectivity index (χ3n) is 1.94. The van der Waals surface area contributed by atoms with Gasteiger partial charge in [0.1, 0.15) is 0 Å². The molecule has 2 nitrogen and oxygen atoms in total. The Bertz CT molecular complexity index is 269. The molecule has 0 heterocycles. The monoisotopic (exact) mass is 210 g/mol. The van der Waals surface area contributed by atoms with Gasteiger partial charge in [-0.1, -0.05) is 26.8 Å². The minimum Gasteiger partial charge on any atom is -0.493 e. The molecule has 1 aromatic rings. The van der Waals surface area contributed by atoms with Gasteiger partial charge in [0.15, 0.2) is 11.5 Å². The van der Waals surface area contributed by atoms with Crippen molar-refractivity contribution < 1.29 is 9.47 Å². The lowest BCUT2D eigenvalue weighted by Gasteiger charge is -2.09. The van der Waals surface area contributed by atoms with Gasteiger partial charge >= 0.3 is 0 Å². The minimum absolute atomic E-state index is 0.668. The molecule has 0 saturated carbocycles. The van der Waals surface area contributed by atoms with Crippen molar-refractivity contribution in [3.05, 3.63) is 23.8 Å². The van der Waals surface area contributed by atoms with Gasteiger partial charge in [-0.15, -0.1) is 0 Å². The van der Waals surface area contributed by atoms with Crippen LogP contribution in [-0.2, 0) is 6.42 Å². The Morgan fingerprint density at radius 3 is 2.20 bits per heavy atom. The Balaban J connectivity index is 0.000000921. The summed E-state index contributed by atoms with van der Waals surface area (Å²) in [7, 11) is 1.66. The molecule has 0 fully saturated rings. The molecule has 15 heavy (non-hydrogen) atoms. The summed E-state index contributed by atoms with van der Waals surface area (Å²) in [5.74, 6) is 1.64. The van der Waals surface area contributed by atoms with Crippen molar-refractivity contribution in [2.75, 3.05) is 13.7 Å². The first kappa shape index (κ1) is 13.8. The van der Waals surface area contributed by atoms with Crippen LogP contribution in [0.2, 0.25) is 0 Å². The van der Waals surface area contributed by atoms with Gasteiger partial charge in [0, 0.05) is 0 Å². The maximum absolute atomic E-state index is 5.40. The van der Waals surface area contributed by atoms with Crippen LogP contribution in [0.4, 0.5) is 0 Å². The third kappa shape index (κ3) is 4.24. The van der Waals surface area contributed by atoms with Crippen molar-refractivity contribution in [3.8, 4) is 11.5 Å². The fourth-order valence-corrected chi connectivity index (χ4v) is 1.21. The van der Waals surface area contributed by atoms with E-state index in [1.54, 1.807) is 7.11 Å². The SMILES string of the molecule is CC.CCOc1ccc(CC)cc1OC. The average Bonchev–Trinajstić information content (AvgIpc) is 2.32. The van der Waals surface area contributed by atoms with Crippen LogP contribution >= 0.6 is 0 Å². The largest absolute Gasteiger partial charge is 0.493 e. The molecule has 1 rings (SSSR count). The second-order valence-corrected chi connectivity index (χ2v) is 2.77. The summed E-state index contributed by atoms with van der Waals surface area (Å²) < 4.78 is 10.6. The minimum atomic E-state index is 0.668. The van der Waals surface area contributed by atoms with Gasteiger partial charge in [-0.25, -0.2) is 0 Å². The normalized spacial score (nSPS) is 8.87. The summed E-state index contributed by atoms with van der Waals surface area (Å²) in [5.41, 5.74) is 1.26. The van der Waals surface area contributed by atoms with Gasteiger partial charge in [0.05, 0.1) is 13.7 Å². The van der Waals surface area contributed by atoms with E-state index >= 15 is 0 Å². The number of methoxy groups -OCH3 is 1. The highest BCUT2D eigenvalue weighted by atomic mass is 16.5. The predicted molar refractivity (Wildman–Crippen MR) is 64.9 cm³/mol. The van der Waals surface area contributed by atoms with Crippen LogP contribution in [0.15, 0.2) is 18.2 Å². The molecule has 0 aromatic heterocycles. The van der Waals surface area contributed by atoms with Crippen molar-refractivity contribution >= 4 is 0 Å². The Kier molecular flexibility index (Phi) is 7.51. The van der Waals surface area contributed by atoms with Crippen LogP contribution in [0.25, 0.3) is 0 Å². The molecule has 0 aliphatic heterocycles. The van der Waals surface area contributed by atoms with E-state index in [0.29, 0.717) is 6.61 Å². The molecule has 0 unspecified atom stereocenters. The maximum atomic E-state index is 5.40. The Hall–Kier alpha value is -1.18. The number of aryl methyl sites for hydroxylation is 1. The average molecular weight is 210 g/mol. The van der Waals surface area contributed by atoms with Gasteiger partial charge < -0.3 is 9.47 Å². The van der Waals surface area contributed by atoms with Crippen LogP contribution in [0.5, 0.6) is 11.5 Å². The second kappa shape index (κ2) is 8.16. The fraction of sp³-hybridized carbons (Fsp3) is 0.538. The van der Waals surface area contributed by atoms with Crippen molar-refractivity contribution in [3.63, 3.8) is 0 Å². The highest BCUT2D eigenvalue weighted by molar-refractivity contribution is 5.42. The van der Waals surface area contributed by atoms with E-state index in [1.807, 2.05) is 32.9 Å². The van der Waals surface area contributed by atoms with E-state index in [9.17, 15) is 0 Å². The van der Waals surface area contributed by atoms with Gasteiger partial charge in [0.2, 0.25) is 0 Å². The predicted octanol–water partition coefficient (Wildman–Crippen LogP) is 3.68. The van der Waals surface area contributed by atoms with Crippen molar-refractivity contribution in [1.29, 1.82) is 0 Å². The van der Waals surface area contributed by atoms with Crippen LogP contribution < -0.4 is 9.47 Å². The highest BCUT2D eigenvalue weighted by Crippen LogP contribution is 2.27. The van der Waals surface area contributed by atoms with Gasteiger partial charge in [-0.05, 0) is 31.0 Å². The zero-order valence-corrected chi connectivity index (χ0v) is 10.5. The Labute approximate surface area is 93.2 Å². The van der Waals surface area contributed by atoms with Crippen LogP contribution in [0.1, 0.15) is 33.3 Å². The molecule has 0 amide bonds. The maximum Gasteiger partial charge on any atom is 0.161 e. The smallest absolute Gasteiger partial charge is 0.161 e. The summed E-state index contributed by atoms with van der Waals surface area (Å²) in [4.78, 5) is 0. The summed E-state index contributed by atoms with van der Waals surface area (Å²) in [5, 5.41) is 0. The molecule has 0 atom stereocenters. The molecule has 1 aromatic carbocycles.